The lowest BCUT2D eigenvalue weighted by Gasteiger charge is -2.13. The number of amides is 1. The van der Waals surface area contributed by atoms with Gasteiger partial charge in [0, 0.05) is 6.04 Å². The number of hydrogen-bond acceptors (Lipinski definition) is 4. The highest BCUT2D eigenvalue weighted by Crippen LogP contribution is 2.28. The largest absolute Gasteiger partial charge is 0.349 e. The van der Waals surface area contributed by atoms with Crippen LogP contribution in [0.5, 0.6) is 0 Å². The van der Waals surface area contributed by atoms with Gasteiger partial charge in [0.15, 0.2) is 0 Å². The standard InChI is InChI=1S/C17H15FN2OS2/c1-11(9-12-5-2-3-6-13(12)18)20-16(21)15-10-19-17(23-15)14-7-4-8-22-14/h2-8,10-11H,9H2,1H3,(H,20,21). The van der Waals surface area contributed by atoms with Crippen LogP contribution in [-0.4, -0.2) is 16.9 Å². The minimum absolute atomic E-state index is 0.160. The van der Waals surface area contributed by atoms with Crippen molar-refractivity contribution in [2.24, 2.45) is 0 Å². The Morgan fingerprint density at radius 1 is 1.30 bits per heavy atom. The molecule has 0 aliphatic heterocycles. The number of rotatable bonds is 5. The predicted octanol–water partition coefficient (Wildman–Crippen LogP) is 4.37. The molecule has 0 fully saturated rings. The summed E-state index contributed by atoms with van der Waals surface area (Å²) in [4.78, 5) is 18.2. The van der Waals surface area contributed by atoms with E-state index in [9.17, 15) is 9.18 Å². The molecular weight excluding hydrogens is 331 g/mol. The van der Waals surface area contributed by atoms with E-state index >= 15 is 0 Å². The lowest BCUT2D eigenvalue weighted by molar-refractivity contribution is 0.0944. The van der Waals surface area contributed by atoms with Crippen LogP contribution in [0.25, 0.3) is 9.88 Å². The van der Waals surface area contributed by atoms with Crippen molar-refractivity contribution in [1.29, 1.82) is 0 Å². The highest BCUT2D eigenvalue weighted by Gasteiger charge is 2.15. The second kappa shape index (κ2) is 7.02. The Bertz CT molecular complexity index is 799. The first-order valence-corrected chi connectivity index (χ1v) is 8.87. The monoisotopic (exact) mass is 346 g/mol. The van der Waals surface area contributed by atoms with Crippen LogP contribution in [0.1, 0.15) is 22.2 Å². The fourth-order valence-electron chi connectivity index (χ4n) is 2.23. The highest BCUT2D eigenvalue weighted by molar-refractivity contribution is 7.21. The topological polar surface area (TPSA) is 42.0 Å². The van der Waals surface area contributed by atoms with E-state index < -0.39 is 0 Å². The van der Waals surface area contributed by atoms with Gasteiger partial charge in [-0.1, -0.05) is 24.3 Å². The first-order chi connectivity index (χ1) is 11.1. The van der Waals surface area contributed by atoms with Gasteiger partial charge in [-0.05, 0) is 36.4 Å². The van der Waals surface area contributed by atoms with Gasteiger partial charge in [-0.3, -0.25) is 4.79 Å². The molecule has 0 saturated heterocycles. The fraction of sp³-hybridized carbons (Fsp3) is 0.176. The molecule has 0 spiro atoms. The number of aromatic nitrogens is 1. The van der Waals surface area contributed by atoms with Crippen molar-refractivity contribution >= 4 is 28.6 Å². The molecule has 0 radical (unpaired) electrons. The average molecular weight is 346 g/mol. The molecular formula is C17H15FN2OS2. The van der Waals surface area contributed by atoms with Crippen molar-refractivity contribution in [2.75, 3.05) is 0 Å². The van der Waals surface area contributed by atoms with E-state index in [0.29, 0.717) is 16.9 Å². The van der Waals surface area contributed by atoms with Gasteiger partial charge in [0.05, 0.1) is 11.1 Å². The quantitative estimate of drug-likeness (QED) is 0.745. The van der Waals surface area contributed by atoms with Crippen LogP contribution in [0, 0.1) is 5.82 Å². The van der Waals surface area contributed by atoms with Crippen molar-refractivity contribution in [3.8, 4) is 9.88 Å². The smallest absolute Gasteiger partial charge is 0.263 e. The lowest BCUT2D eigenvalue weighted by Crippen LogP contribution is -2.33. The molecule has 2 heterocycles. The molecule has 0 bridgehead atoms. The first kappa shape index (κ1) is 15.8. The van der Waals surface area contributed by atoms with Crippen molar-refractivity contribution < 1.29 is 9.18 Å². The minimum Gasteiger partial charge on any atom is -0.349 e. The Hall–Kier alpha value is -2.05. The number of carbonyl (C=O) groups is 1. The number of hydrogen-bond donors (Lipinski definition) is 1. The molecule has 118 valence electrons. The van der Waals surface area contributed by atoms with Crippen LogP contribution in [0.2, 0.25) is 0 Å². The third-order valence-corrected chi connectivity index (χ3v) is 5.36. The van der Waals surface area contributed by atoms with Crippen LogP contribution in [0.4, 0.5) is 4.39 Å². The summed E-state index contributed by atoms with van der Waals surface area (Å²) in [5.74, 6) is -0.416. The maximum absolute atomic E-state index is 13.7. The molecule has 6 heteroatoms. The minimum atomic E-state index is -0.244. The van der Waals surface area contributed by atoms with E-state index in [1.165, 1.54) is 17.4 Å². The zero-order valence-electron chi connectivity index (χ0n) is 12.5. The van der Waals surface area contributed by atoms with Gasteiger partial charge in [0.25, 0.3) is 5.91 Å². The molecule has 2 aromatic heterocycles. The average Bonchev–Trinajstić information content (AvgIpc) is 3.20. The second-order valence-corrected chi connectivity index (χ2v) is 7.16. The molecule has 0 saturated carbocycles. The predicted molar refractivity (Wildman–Crippen MR) is 92.5 cm³/mol. The zero-order valence-corrected chi connectivity index (χ0v) is 14.1. The Kier molecular flexibility index (Phi) is 4.83. The Balaban J connectivity index is 1.64. The third kappa shape index (κ3) is 3.83. The van der Waals surface area contributed by atoms with E-state index in [4.69, 9.17) is 0 Å². The molecule has 1 N–H and O–H groups in total. The molecule has 1 unspecified atom stereocenters. The van der Waals surface area contributed by atoms with Crippen molar-refractivity contribution in [3.05, 3.63) is 64.2 Å². The second-order valence-electron chi connectivity index (χ2n) is 5.18. The Morgan fingerprint density at radius 3 is 2.87 bits per heavy atom. The van der Waals surface area contributed by atoms with Gasteiger partial charge < -0.3 is 5.32 Å². The molecule has 1 aromatic carbocycles. The van der Waals surface area contributed by atoms with Gasteiger partial charge in [0.2, 0.25) is 0 Å². The molecule has 1 amide bonds. The van der Waals surface area contributed by atoms with Crippen LogP contribution in [-0.2, 0) is 6.42 Å². The van der Waals surface area contributed by atoms with Crippen LogP contribution in [0.15, 0.2) is 48.0 Å². The molecule has 3 aromatic rings. The number of thiophene rings is 1. The summed E-state index contributed by atoms with van der Waals surface area (Å²) >= 11 is 2.96. The van der Waals surface area contributed by atoms with E-state index in [2.05, 4.69) is 10.3 Å². The maximum Gasteiger partial charge on any atom is 0.263 e. The van der Waals surface area contributed by atoms with E-state index in [1.807, 2.05) is 24.4 Å². The van der Waals surface area contributed by atoms with Gasteiger partial charge in [-0.2, -0.15) is 0 Å². The molecule has 3 nitrogen and oxygen atoms in total. The zero-order chi connectivity index (χ0) is 16.2. The Labute approximate surface area is 141 Å². The molecule has 3 rings (SSSR count). The van der Waals surface area contributed by atoms with Gasteiger partial charge in [-0.25, -0.2) is 9.37 Å². The number of thiazole rings is 1. The summed E-state index contributed by atoms with van der Waals surface area (Å²) in [6.45, 7) is 1.87. The number of benzene rings is 1. The van der Waals surface area contributed by atoms with E-state index in [0.717, 1.165) is 9.88 Å². The van der Waals surface area contributed by atoms with E-state index in [-0.39, 0.29) is 17.8 Å². The lowest BCUT2D eigenvalue weighted by atomic mass is 10.1. The molecule has 0 aliphatic rings. The summed E-state index contributed by atoms with van der Waals surface area (Å²) in [6.07, 6.45) is 2.04. The molecule has 1 atom stereocenters. The molecule has 0 aliphatic carbocycles. The number of halogens is 1. The first-order valence-electron chi connectivity index (χ1n) is 7.17. The van der Waals surface area contributed by atoms with Crippen LogP contribution < -0.4 is 5.32 Å². The van der Waals surface area contributed by atoms with Crippen LogP contribution >= 0.6 is 22.7 Å². The van der Waals surface area contributed by atoms with Crippen molar-refractivity contribution in [1.82, 2.24) is 10.3 Å². The third-order valence-electron chi connectivity index (χ3n) is 3.32. The van der Waals surface area contributed by atoms with E-state index in [1.54, 1.807) is 35.7 Å². The Morgan fingerprint density at radius 2 is 2.13 bits per heavy atom. The highest BCUT2D eigenvalue weighted by atomic mass is 32.1. The SMILES string of the molecule is CC(Cc1ccccc1F)NC(=O)c1cnc(-c2cccs2)s1. The van der Waals surface area contributed by atoms with Gasteiger partial charge >= 0.3 is 0 Å². The maximum atomic E-state index is 13.7. The fourth-order valence-corrected chi connectivity index (χ4v) is 3.86. The van der Waals surface area contributed by atoms with Gasteiger partial charge in [0.1, 0.15) is 15.7 Å². The van der Waals surface area contributed by atoms with Crippen LogP contribution in [0.3, 0.4) is 0 Å². The van der Waals surface area contributed by atoms with Crippen molar-refractivity contribution in [2.45, 2.75) is 19.4 Å². The normalized spacial score (nSPS) is 12.1. The number of carbonyl (C=O) groups excluding carboxylic acids is 1. The van der Waals surface area contributed by atoms with Crippen molar-refractivity contribution in [3.63, 3.8) is 0 Å². The number of nitrogens with one attached hydrogen (secondary N) is 1. The summed E-state index contributed by atoms with van der Waals surface area (Å²) in [5, 5.41) is 5.72. The van der Waals surface area contributed by atoms with Gasteiger partial charge in [-0.15, -0.1) is 22.7 Å². The summed E-state index contributed by atoms with van der Waals surface area (Å²) in [6, 6.07) is 10.4. The molecule has 23 heavy (non-hydrogen) atoms. The number of nitrogens with zero attached hydrogens (tertiary/aromatic N) is 1. The summed E-state index contributed by atoms with van der Waals surface area (Å²) in [7, 11) is 0. The summed E-state index contributed by atoms with van der Waals surface area (Å²) in [5.41, 5.74) is 0.601. The summed E-state index contributed by atoms with van der Waals surface area (Å²) < 4.78 is 13.7.